The maximum absolute atomic E-state index is 13.7. The molecular weight excluding hydrogens is 560 g/mol. The second-order valence-electron chi connectivity index (χ2n) is 9.61. The van der Waals surface area contributed by atoms with Crippen LogP contribution in [0.5, 0.6) is 0 Å². The van der Waals surface area contributed by atoms with Gasteiger partial charge in [-0.25, -0.2) is 0 Å². The predicted molar refractivity (Wildman–Crippen MR) is 141 cm³/mol. The monoisotopic (exact) mass is 583 g/mol. The fraction of sp³-hybridized carbons (Fsp3) is 0.286. The van der Waals surface area contributed by atoms with Gasteiger partial charge in [-0.2, -0.15) is 31.4 Å². The summed E-state index contributed by atoms with van der Waals surface area (Å²) in [6, 6.07) is 18.2. The van der Waals surface area contributed by atoms with Crippen molar-refractivity contribution in [2.24, 2.45) is 11.0 Å². The average molecular weight is 584 g/mol. The predicted octanol–water partition coefficient (Wildman–Crippen LogP) is 7.76. The summed E-state index contributed by atoms with van der Waals surface area (Å²) in [5.74, 6) is -0.331. The summed E-state index contributed by atoms with van der Waals surface area (Å²) < 4.78 is 81.9. The van der Waals surface area contributed by atoms with Gasteiger partial charge >= 0.3 is 12.4 Å². The highest BCUT2D eigenvalue weighted by atomic mass is 35.5. The molecule has 0 fully saturated rings. The molecule has 1 aliphatic rings. The molecule has 5 nitrogen and oxygen atoms in total. The van der Waals surface area contributed by atoms with E-state index >= 15 is 0 Å². The molecule has 1 unspecified atom stereocenters. The van der Waals surface area contributed by atoms with Crippen molar-refractivity contribution in [2.45, 2.75) is 44.3 Å². The van der Waals surface area contributed by atoms with Crippen molar-refractivity contribution >= 4 is 34.6 Å². The lowest BCUT2D eigenvalue weighted by atomic mass is 9.89. The number of para-hydroxylation sites is 1. The normalized spacial score (nSPS) is 16.3. The summed E-state index contributed by atoms with van der Waals surface area (Å²) in [5.41, 5.74) is -4.10. The van der Waals surface area contributed by atoms with Crippen molar-refractivity contribution in [3.8, 4) is 11.1 Å². The molecular formula is C28H24ClF6N3O2. The summed E-state index contributed by atoms with van der Waals surface area (Å²) >= 11 is 6.22. The van der Waals surface area contributed by atoms with Crippen LogP contribution in [0.2, 0.25) is 5.02 Å². The number of amides is 1. The van der Waals surface area contributed by atoms with Crippen molar-refractivity contribution in [3.05, 3.63) is 83.4 Å². The zero-order chi connectivity index (χ0) is 29.5. The summed E-state index contributed by atoms with van der Waals surface area (Å²) in [4.78, 5) is 11.9. The molecule has 4 rings (SSSR count). The van der Waals surface area contributed by atoms with E-state index in [4.69, 9.17) is 11.6 Å². The number of anilines is 2. The molecule has 0 aromatic heterocycles. The fourth-order valence-corrected chi connectivity index (χ4v) is 4.49. The van der Waals surface area contributed by atoms with Crippen LogP contribution < -0.4 is 10.3 Å². The highest BCUT2D eigenvalue weighted by Crippen LogP contribution is 2.49. The van der Waals surface area contributed by atoms with Crippen LogP contribution in [0, 0.1) is 5.92 Å². The van der Waals surface area contributed by atoms with Crippen LogP contribution in [0.15, 0.2) is 77.9 Å². The van der Waals surface area contributed by atoms with E-state index in [2.05, 4.69) is 10.4 Å². The Balaban J connectivity index is 1.68. The van der Waals surface area contributed by atoms with Crippen molar-refractivity contribution in [3.63, 3.8) is 0 Å². The van der Waals surface area contributed by atoms with E-state index in [-0.39, 0.29) is 22.5 Å². The maximum Gasteiger partial charge on any atom is 0.431 e. The van der Waals surface area contributed by atoms with Gasteiger partial charge in [0.05, 0.1) is 22.5 Å². The Labute approximate surface area is 231 Å². The van der Waals surface area contributed by atoms with Gasteiger partial charge in [-0.3, -0.25) is 9.80 Å². The summed E-state index contributed by atoms with van der Waals surface area (Å²) in [5, 5.41) is 17.5. The Morgan fingerprint density at radius 3 is 1.95 bits per heavy atom. The SMILES string of the molecule is CC(C)C(=O)Nc1ccc(-c2ccc(C3CC(C(O)(C(F)(F)F)C(F)(F)F)=NN3c3ccccc3Cl)cc2)cc1. The molecule has 0 spiro atoms. The first-order chi connectivity index (χ1) is 18.6. The van der Waals surface area contributed by atoms with Crippen LogP contribution in [0.3, 0.4) is 0 Å². The third-order valence-electron chi connectivity index (χ3n) is 6.55. The summed E-state index contributed by atoms with van der Waals surface area (Å²) in [6.07, 6.45) is -13.0. The van der Waals surface area contributed by atoms with Gasteiger partial charge in [0.2, 0.25) is 5.91 Å². The Hall–Kier alpha value is -3.57. The van der Waals surface area contributed by atoms with Gasteiger partial charge in [0.1, 0.15) is 0 Å². The number of hydrogen-bond donors (Lipinski definition) is 2. The minimum absolute atomic E-state index is 0.0568. The average Bonchev–Trinajstić information content (AvgIpc) is 3.33. The van der Waals surface area contributed by atoms with E-state index in [1.54, 1.807) is 68.4 Å². The zero-order valence-corrected chi connectivity index (χ0v) is 21.9. The topological polar surface area (TPSA) is 64.9 Å². The number of alkyl halides is 6. The van der Waals surface area contributed by atoms with E-state index < -0.39 is 36.1 Å². The molecule has 1 heterocycles. The molecule has 0 aliphatic carbocycles. The molecule has 40 heavy (non-hydrogen) atoms. The van der Waals surface area contributed by atoms with Crippen LogP contribution in [0.1, 0.15) is 31.9 Å². The maximum atomic E-state index is 13.7. The lowest BCUT2D eigenvalue weighted by Gasteiger charge is -2.32. The Morgan fingerprint density at radius 1 is 0.925 bits per heavy atom. The van der Waals surface area contributed by atoms with Gasteiger partial charge in [0, 0.05) is 18.0 Å². The third kappa shape index (κ3) is 5.53. The number of aliphatic hydroxyl groups is 1. The molecule has 1 aliphatic heterocycles. The molecule has 212 valence electrons. The van der Waals surface area contributed by atoms with Gasteiger partial charge in [0.25, 0.3) is 5.60 Å². The van der Waals surface area contributed by atoms with Crippen molar-refractivity contribution in [2.75, 3.05) is 10.3 Å². The van der Waals surface area contributed by atoms with Crippen molar-refractivity contribution in [1.29, 1.82) is 0 Å². The van der Waals surface area contributed by atoms with Crippen LogP contribution >= 0.6 is 11.6 Å². The highest BCUT2D eigenvalue weighted by molar-refractivity contribution is 6.33. The Morgan fingerprint density at radius 2 is 1.45 bits per heavy atom. The van der Waals surface area contributed by atoms with Crippen LogP contribution in [-0.4, -0.2) is 34.7 Å². The molecule has 2 N–H and O–H groups in total. The van der Waals surface area contributed by atoms with E-state index in [0.717, 1.165) is 16.1 Å². The molecule has 1 atom stereocenters. The lowest BCUT2D eigenvalue weighted by Crippen LogP contribution is -2.62. The van der Waals surface area contributed by atoms with Gasteiger partial charge in [-0.1, -0.05) is 74.0 Å². The fourth-order valence-electron chi connectivity index (χ4n) is 4.27. The number of benzene rings is 3. The van der Waals surface area contributed by atoms with E-state index in [0.29, 0.717) is 11.3 Å². The largest absolute Gasteiger partial charge is 0.431 e. The molecule has 0 radical (unpaired) electrons. The van der Waals surface area contributed by atoms with Gasteiger partial charge < -0.3 is 10.4 Å². The number of hydrazone groups is 1. The molecule has 3 aromatic rings. The van der Waals surface area contributed by atoms with E-state index in [9.17, 15) is 36.2 Å². The second kappa shape index (κ2) is 10.8. The first-order valence-corrected chi connectivity index (χ1v) is 12.5. The standard InChI is InChI=1S/C28H24ClF6N3O2/c1-16(2)25(39)36-20-13-11-18(12-14-20)17-7-9-19(10-8-17)23-15-24(26(40,27(30,31)32)28(33,34)35)37-38(23)22-6-4-3-5-21(22)29/h3-14,16,23,40H,15H2,1-2H3,(H,36,39). The minimum Gasteiger partial charge on any atom is -0.369 e. The van der Waals surface area contributed by atoms with Crippen LogP contribution in [-0.2, 0) is 4.79 Å². The Bertz CT molecular complexity index is 1390. The number of rotatable bonds is 6. The van der Waals surface area contributed by atoms with Crippen molar-refractivity contribution < 1.29 is 36.2 Å². The quantitative estimate of drug-likeness (QED) is 0.292. The molecule has 0 saturated heterocycles. The molecule has 12 heteroatoms. The van der Waals surface area contributed by atoms with E-state index in [1.165, 1.54) is 18.2 Å². The minimum atomic E-state index is -6.06. The molecule has 0 saturated carbocycles. The summed E-state index contributed by atoms with van der Waals surface area (Å²) in [7, 11) is 0. The summed E-state index contributed by atoms with van der Waals surface area (Å²) in [6.45, 7) is 3.53. The number of nitrogens with zero attached hydrogens (tertiary/aromatic N) is 2. The van der Waals surface area contributed by atoms with E-state index in [1.807, 2.05) is 0 Å². The molecule has 1 amide bonds. The number of hydrogen-bond acceptors (Lipinski definition) is 4. The number of carbonyl (C=O) groups is 1. The van der Waals surface area contributed by atoms with Crippen LogP contribution in [0.4, 0.5) is 37.7 Å². The number of carbonyl (C=O) groups excluding carboxylic acids is 1. The second-order valence-corrected chi connectivity index (χ2v) is 10.0. The number of nitrogens with one attached hydrogen (secondary N) is 1. The van der Waals surface area contributed by atoms with Crippen molar-refractivity contribution in [1.82, 2.24) is 0 Å². The third-order valence-corrected chi connectivity index (χ3v) is 6.87. The molecule has 0 bridgehead atoms. The highest BCUT2D eigenvalue weighted by Gasteiger charge is 2.74. The smallest absolute Gasteiger partial charge is 0.369 e. The Kier molecular flexibility index (Phi) is 7.92. The zero-order valence-electron chi connectivity index (χ0n) is 21.2. The van der Waals surface area contributed by atoms with Gasteiger partial charge in [0.15, 0.2) is 0 Å². The molecule has 3 aromatic carbocycles. The first-order valence-electron chi connectivity index (χ1n) is 12.1. The number of halogens is 7. The lowest BCUT2D eigenvalue weighted by molar-refractivity contribution is -0.338. The van der Waals surface area contributed by atoms with Crippen LogP contribution in [0.25, 0.3) is 11.1 Å². The van der Waals surface area contributed by atoms with Gasteiger partial charge in [-0.05, 0) is 41.0 Å². The first kappa shape index (κ1) is 29.4. The van der Waals surface area contributed by atoms with Gasteiger partial charge in [-0.15, -0.1) is 0 Å².